The van der Waals surface area contributed by atoms with Crippen molar-refractivity contribution < 1.29 is 18.0 Å². The average molecular weight is 571 g/mol. The smallest absolute Gasteiger partial charge is 0.264 e. The monoisotopic (exact) mass is 570 g/mol. The molecule has 1 atom stereocenters. The summed E-state index contributed by atoms with van der Waals surface area (Å²) in [6.07, 6.45) is 3.85. The number of sulfonamides is 1. The van der Waals surface area contributed by atoms with Crippen LogP contribution in [-0.2, 0) is 32.1 Å². The van der Waals surface area contributed by atoms with E-state index in [1.165, 1.54) is 0 Å². The molecular weight excluding hydrogens is 520 g/mol. The summed E-state index contributed by atoms with van der Waals surface area (Å²) >= 11 is 0. The van der Waals surface area contributed by atoms with Crippen molar-refractivity contribution in [2.45, 2.75) is 128 Å². The molecule has 4 rings (SSSR count). The zero-order valence-corrected chi connectivity index (χ0v) is 27.3. The van der Waals surface area contributed by atoms with Crippen LogP contribution in [0.2, 0.25) is 0 Å². The van der Waals surface area contributed by atoms with Crippen LogP contribution in [0.1, 0.15) is 105 Å². The zero-order chi connectivity index (χ0) is 29.9. The van der Waals surface area contributed by atoms with E-state index in [0.29, 0.717) is 11.3 Å². The molecule has 1 saturated heterocycles. The lowest BCUT2D eigenvalue weighted by Gasteiger charge is -2.51. The molecule has 0 aliphatic carbocycles. The highest BCUT2D eigenvalue weighted by molar-refractivity contribution is 7.92. The Balaban J connectivity index is 1.81. The molecule has 0 amide bonds. The van der Waals surface area contributed by atoms with Crippen molar-refractivity contribution in [3.63, 3.8) is 0 Å². The molecule has 7 heteroatoms. The standard InChI is InChI=1S/C33H50N2O4S/c1-30(2,3)26-20-25(21-27(29(26)38-11)31(4,5)6)40(36,37)34-24(19-23-15-12-13-16-28(23)34)22-39-35-32(7,8)17-14-18-33(35,9)10/h12-13,15-16,20-21,24H,14,17-19,22H2,1-11H3/t24-/m0/s1. The van der Waals surface area contributed by atoms with Crippen LogP contribution >= 0.6 is 0 Å². The largest absolute Gasteiger partial charge is 0.496 e. The summed E-state index contributed by atoms with van der Waals surface area (Å²) in [7, 11) is -2.25. The molecular formula is C33H50N2O4S. The van der Waals surface area contributed by atoms with Crippen LogP contribution < -0.4 is 9.04 Å². The highest BCUT2D eigenvalue weighted by Crippen LogP contribution is 2.44. The van der Waals surface area contributed by atoms with Gasteiger partial charge >= 0.3 is 0 Å². The maximum absolute atomic E-state index is 14.7. The average Bonchev–Trinajstić information content (AvgIpc) is 3.20. The number of hydrogen-bond acceptors (Lipinski definition) is 5. The second-order valence-electron chi connectivity index (χ2n) is 14.9. The summed E-state index contributed by atoms with van der Waals surface area (Å²) < 4.78 is 36.9. The van der Waals surface area contributed by atoms with Crippen molar-refractivity contribution >= 4 is 15.7 Å². The number of fused-ring (bicyclic) bond motifs is 1. The lowest BCUT2D eigenvalue weighted by molar-refractivity contribution is -0.282. The molecule has 0 radical (unpaired) electrons. The van der Waals surface area contributed by atoms with E-state index in [9.17, 15) is 8.42 Å². The van der Waals surface area contributed by atoms with Crippen LogP contribution in [-0.4, -0.2) is 44.3 Å². The lowest BCUT2D eigenvalue weighted by atomic mass is 9.79. The van der Waals surface area contributed by atoms with E-state index in [-0.39, 0.29) is 34.6 Å². The van der Waals surface area contributed by atoms with E-state index >= 15 is 0 Å². The highest BCUT2D eigenvalue weighted by atomic mass is 32.2. The topological polar surface area (TPSA) is 59.1 Å². The number of piperidine rings is 1. The van der Waals surface area contributed by atoms with Crippen LogP contribution in [0.15, 0.2) is 41.3 Å². The molecule has 2 aliphatic rings. The molecule has 222 valence electrons. The Morgan fingerprint density at radius 2 is 1.43 bits per heavy atom. The van der Waals surface area contributed by atoms with Gasteiger partial charge < -0.3 is 4.74 Å². The Morgan fingerprint density at radius 3 is 1.93 bits per heavy atom. The van der Waals surface area contributed by atoms with Crippen LogP contribution in [0.25, 0.3) is 0 Å². The first kappa shape index (κ1) is 30.9. The third kappa shape index (κ3) is 5.66. The maximum atomic E-state index is 14.7. The number of para-hydroxylation sites is 1. The first-order chi connectivity index (χ1) is 18.3. The number of anilines is 1. The van der Waals surface area contributed by atoms with Gasteiger partial charge in [-0.1, -0.05) is 59.7 Å². The van der Waals surface area contributed by atoms with Gasteiger partial charge in [0.2, 0.25) is 0 Å². The van der Waals surface area contributed by atoms with Gasteiger partial charge in [0.15, 0.2) is 0 Å². The number of methoxy groups -OCH3 is 1. The highest BCUT2D eigenvalue weighted by Gasteiger charge is 2.45. The molecule has 2 aliphatic heterocycles. The molecule has 0 bridgehead atoms. The quantitative estimate of drug-likeness (QED) is 0.363. The molecule has 6 nitrogen and oxygen atoms in total. The zero-order valence-electron chi connectivity index (χ0n) is 26.5. The summed E-state index contributed by atoms with van der Waals surface area (Å²) in [6.45, 7) is 21.7. The number of benzene rings is 2. The van der Waals surface area contributed by atoms with Gasteiger partial charge in [0.1, 0.15) is 5.75 Å². The SMILES string of the molecule is COc1c(C(C)(C)C)cc(S(=O)(=O)N2c3ccccc3C[C@H]2CON2C(C)(C)CCCC2(C)C)cc1C(C)(C)C. The molecule has 0 spiro atoms. The van der Waals surface area contributed by atoms with Gasteiger partial charge in [-0.25, -0.2) is 8.42 Å². The Labute approximate surface area is 243 Å². The van der Waals surface area contributed by atoms with E-state index in [4.69, 9.17) is 9.57 Å². The van der Waals surface area contributed by atoms with Crippen LogP contribution in [0.3, 0.4) is 0 Å². The molecule has 1 fully saturated rings. The molecule has 40 heavy (non-hydrogen) atoms. The second kappa shape index (κ2) is 10.3. The number of rotatable bonds is 6. The van der Waals surface area contributed by atoms with Crippen LogP contribution in [0, 0.1) is 0 Å². The van der Waals surface area contributed by atoms with Crippen molar-refractivity contribution in [3.05, 3.63) is 53.1 Å². The Bertz CT molecular complexity index is 1300. The summed E-state index contributed by atoms with van der Waals surface area (Å²) in [5.41, 5.74) is 2.65. The van der Waals surface area contributed by atoms with Crippen molar-refractivity contribution in [2.75, 3.05) is 18.0 Å². The van der Waals surface area contributed by atoms with E-state index in [2.05, 4.69) is 74.3 Å². The Hall–Kier alpha value is -2.09. The predicted octanol–water partition coefficient (Wildman–Crippen LogP) is 7.38. The van der Waals surface area contributed by atoms with E-state index in [0.717, 1.165) is 47.4 Å². The van der Waals surface area contributed by atoms with E-state index in [1.807, 2.05) is 36.4 Å². The van der Waals surface area contributed by atoms with Crippen molar-refractivity contribution in [2.24, 2.45) is 0 Å². The van der Waals surface area contributed by atoms with Gasteiger partial charge in [-0.05, 0) is 88.0 Å². The summed E-state index contributed by atoms with van der Waals surface area (Å²) in [6, 6.07) is 11.1. The summed E-state index contributed by atoms with van der Waals surface area (Å²) in [5.74, 6) is 0.759. The van der Waals surface area contributed by atoms with Crippen LogP contribution in [0.4, 0.5) is 5.69 Å². The first-order valence-electron chi connectivity index (χ1n) is 14.6. The molecule has 0 unspecified atom stereocenters. The van der Waals surface area contributed by atoms with Gasteiger partial charge in [0, 0.05) is 22.2 Å². The molecule has 2 aromatic rings. The van der Waals surface area contributed by atoms with Crippen molar-refractivity contribution in [1.82, 2.24) is 5.06 Å². The Kier molecular flexibility index (Phi) is 7.96. The molecule has 0 aromatic heterocycles. The summed E-state index contributed by atoms with van der Waals surface area (Å²) in [5, 5.41) is 2.13. The fourth-order valence-electron chi connectivity index (χ4n) is 6.57. The van der Waals surface area contributed by atoms with Gasteiger partial charge in [-0.2, -0.15) is 5.06 Å². The minimum Gasteiger partial charge on any atom is -0.496 e. The first-order valence-corrected chi connectivity index (χ1v) is 16.0. The lowest BCUT2D eigenvalue weighted by Crippen LogP contribution is -2.59. The van der Waals surface area contributed by atoms with Gasteiger partial charge in [-0.15, -0.1) is 0 Å². The molecule has 2 aromatic carbocycles. The maximum Gasteiger partial charge on any atom is 0.264 e. The minimum absolute atomic E-state index is 0.129. The normalized spacial score (nSPS) is 21.4. The van der Waals surface area contributed by atoms with E-state index < -0.39 is 10.0 Å². The third-order valence-corrected chi connectivity index (χ3v) is 10.4. The molecule has 0 N–H and O–H groups in total. The van der Waals surface area contributed by atoms with Gasteiger partial charge in [0.25, 0.3) is 10.0 Å². The van der Waals surface area contributed by atoms with Crippen LogP contribution in [0.5, 0.6) is 5.75 Å². The third-order valence-electron chi connectivity index (χ3n) is 8.53. The molecule has 0 saturated carbocycles. The number of nitrogens with zero attached hydrogens (tertiary/aromatic N) is 2. The van der Waals surface area contributed by atoms with Gasteiger partial charge in [0.05, 0.1) is 30.3 Å². The number of ether oxygens (including phenoxy) is 1. The fraction of sp³-hybridized carbons (Fsp3) is 0.636. The molecule has 2 heterocycles. The predicted molar refractivity (Wildman–Crippen MR) is 164 cm³/mol. The fourth-order valence-corrected chi connectivity index (χ4v) is 8.29. The van der Waals surface area contributed by atoms with Gasteiger partial charge in [-0.3, -0.25) is 9.14 Å². The Morgan fingerprint density at radius 1 is 0.900 bits per heavy atom. The number of hydrogen-bond donors (Lipinski definition) is 0. The second-order valence-corrected chi connectivity index (χ2v) is 16.7. The van der Waals surface area contributed by atoms with Crippen molar-refractivity contribution in [1.29, 1.82) is 0 Å². The van der Waals surface area contributed by atoms with E-state index in [1.54, 1.807) is 11.4 Å². The minimum atomic E-state index is -3.92. The van der Waals surface area contributed by atoms with Crippen molar-refractivity contribution in [3.8, 4) is 5.75 Å². The number of hydroxylamine groups is 2. The summed E-state index contributed by atoms with van der Waals surface area (Å²) in [4.78, 5) is 6.88.